The van der Waals surface area contributed by atoms with Crippen molar-refractivity contribution >= 4 is 44.9 Å². The molecule has 3 aromatic rings. The summed E-state index contributed by atoms with van der Waals surface area (Å²) in [5.41, 5.74) is 6.83. The maximum atomic E-state index is 12.3. The van der Waals surface area contributed by atoms with E-state index in [0.29, 0.717) is 16.1 Å². The van der Waals surface area contributed by atoms with Gasteiger partial charge in [-0.2, -0.15) is 0 Å². The molecule has 0 unspecified atom stereocenters. The summed E-state index contributed by atoms with van der Waals surface area (Å²) in [7, 11) is 0. The normalized spacial score (nSPS) is 10.5. The number of hydrogen-bond donors (Lipinski definition) is 2. The zero-order valence-corrected chi connectivity index (χ0v) is 14.8. The van der Waals surface area contributed by atoms with E-state index in [1.54, 1.807) is 12.1 Å². The molecule has 0 saturated heterocycles. The molecule has 0 aliphatic rings. The van der Waals surface area contributed by atoms with Gasteiger partial charge in [0.2, 0.25) is 5.91 Å². The van der Waals surface area contributed by atoms with Crippen LogP contribution in [0.25, 0.3) is 10.1 Å². The van der Waals surface area contributed by atoms with E-state index in [1.165, 1.54) is 23.5 Å². The minimum atomic E-state index is -0.546. The minimum absolute atomic E-state index is 0.342. The fraction of sp³-hybridized carbons (Fsp3) is 0.105. The standard InChI is InChI=1S/C19H16N2O4S/c1-11-14-4-2-3-5-15(14)26-17(11)19(24)25-10-16(22)21-13-8-6-12(7-9-13)18(20)23/h2-9H,10H2,1H3,(H2,20,23)(H,21,22). The lowest BCUT2D eigenvalue weighted by Crippen LogP contribution is -2.21. The van der Waals surface area contributed by atoms with Crippen molar-refractivity contribution < 1.29 is 19.1 Å². The van der Waals surface area contributed by atoms with Crippen LogP contribution in [0.1, 0.15) is 25.6 Å². The fourth-order valence-corrected chi connectivity index (χ4v) is 3.58. The Labute approximate surface area is 153 Å². The first-order valence-corrected chi connectivity index (χ1v) is 8.62. The molecule has 0 radical (unpaired) electrons. The molecule has 132 valence electrons. The first-order valence-electron chi connectivity index (χ1n) is 7.80. The number of benzene rings is 2. The third kappa shape index (κ3) is 3.73. The first-order chi connectivity index (χ1) is 12.5. The number of amides is 2. The lowest BCUT2D eigenvalue weighted by Gasteiger charge is -2.07. The lowest BCUT2D eigenvalue weighted by atomic mass is 10.1. The topological polar surface area (TPSA) is 98.5 Å². The Kier molecular flexibility index (Phi) is 4.99. The van der Waals surface area contributed by atoms with Crippen molar-refractivity contribution in [3.05, 3.63) is 64.5 Å². The summed E-state index contributed by atoms with van der Waals surface area (Å²) in [5.74, 6) is -1.54. The number of rotatable bonds is 5. The van der Waals surface area contributed by atoms with Gasteiger partial charge in [-0.05, 0) is 48.2 Å². The van der Waals surface area contributed by atoms with E-state index in [2.05, 4.69) is 5.32 Å². The molecule has 26 heavy (non-hydrogen) atoms. The van der Waals surface area contributed by atoms with Crippen molar-refractivity contribution in [3.63, 3.8) is 0 Å². The number of aryl methyl sites for hydroxylation is 1. The second kappa shape index (κ2) is 7.37. The minimum Gasteiger partial charge on any atom is -0.451 e. The lowest BCUT2D eigenvalue weighted by molar-refractivity contribution is -0.119. The maximum absolute atomic E-state index is 12.3. The van der Waals surface area contributed by atoms with Crippen LogP contribution in [0.15, 0.2) is 48.5 Å². The summed E-state index contributed by atoms with van der Waals surface area (Å²) in [6.07, 6.45) is 0. The summed E-state index contributed by atoms with van der Waals surface area (Å²) in [6, 6.07) is 13.8. The molecular weight excluding hydrogens is 352 g/mol. The number of ether oxygens (including phenoxy) is 1. The van der Waals surface area contributed by atoms with Gasteiger partial charge in [-0.3, -0.25) is 9.59 Å². The second-order valence-corrected chi connectivity index (χ2v) is 6.67. The number of fused-ring (bicyclic) bond motifs is 1. The molecule has 3 N–H and O–H groups in total. The summed E-state index contributed by atoms with van der Waals surface area (Å²) in [4.78, 5) is 35.7. The van der Waals surface area contributed by atoms with Crippen LogP contribution in [0, 0.1) is 6.92 Å². The Morgan fingerprint density at radius 3 is 2.42 bits per heavy atom. The van der Waals surface area contributed by atoms with Gasteiger partial charge >= 0.3 is 5.97 Å². The Morgan fingerprint density at radius 2 is 1.77 bits per heavy atom. The van der Waals surface area contributed by atoms with Gasteiger partial charge in [-0.15, -0.1) is 11.3 Å². The van der Waals surface area contributed by atoms with E-state index in [4.69, 9.17) is 10.5 Å². The number of thiophene rings is 1. The van der Waals surface area contributed by atoms with Gasteiger partial charge in [-0.1, -0.05) is 18.2 Å². The van der Waals surface area contributed by atoms with Crippen LogP contribution < -0.4 is 11.1 Å². The average Bonchev–Trinajstić information content (AvgIpc) is 2.97. The molecule has 0 spiro atoms. The smallest absolute Gasteiger partial charge is 0.349 e. The number of hydrogen-bond acceptors (Lipinski definition) is 5. The van der Waals surface area contributed by atoms with Crippen LogP contribution >= 0.6 is 11.3 Å². The van der Waals surface area contributed by atoms with Gasteiger partial charge in [0.25, 0.3) is 5.91 Å². The van der Waals surface area contributed by atoms with Gasteiger partial charge in [0, 0.05) is 16.0 Å². The molecule has 3 rings (SSSR count). The van der Waals surface area contributed by atoms with Crippen molar-refractivity contribution in [3.8, 4) is 0 Å². The molecule has 1 heterocycles. The van der Waals surface area contributed by atoms with Crippen LogP contribution in [0.5, 0.6) is 0 Å². The molecule has 0 saturated carbocycles. The van der Waals surface area contributed by atoms with Crippen molar-refractivity contribution in [2.24, 2.45) is 5.73 Å². The van der Waals surface area contributed by atoms with Crippen LogP contribution in [0.4, 0.5) is 5.69 Å². The molecular formula is C19H16N2O4S. The maximum Gasteiger partial charge on any atom is 0.349 e. The predicted octanol–water partition coefficient (Wildman–Crippen LogP) is 3.10. The van der Waals surface area contributed by atoms with E-state index < -0.39 is 24.4 Å². The van der Waals surface area contributed by atoms with Crippen molar-refractivity contribution in [1.29, 1.82) is 0 Å². The van der Waals surface area contributed by atoms with Gasteiger partial charge in [0.05, 0.1) is 0 Å². The van der Waals surface area contributed by atoms with Crippen molar-refractivity contribution in [1.82, 2.24) is 0 Å². The van der Waals surface area contributed by atoms with Gasteiger partial charge in [-0.25, -0.2) is 4.79 Å². The van der Waals surface area contributed by atoms with Crippen molar-refractivity contribution in [2.75, 3.05) is 11.9 Å². The second-order valence-electron chi connectivity index (χ2n) is 5.62. The highest BCUT2D eigenvalue weighted by atomic mass is 32.1. The average molecular weight is 368 g/mol. The van der Waals surface area contributed by atoms with E-state index in [0.717, 1.165) is 15.6 Å². The SMILES string of the molecule is Cc1c(C(=O)OCC(=O)Nc2ccc(C(N)=O)cc2)sc2ccccc12. The highest BCUT2D eigenvalue weighted by Crippen LogP contribution is 2.30. The van der Waals surface area contributed by atoms with E-state index in [-0.39, 0.29) is 0 Å². The quantitative estimate of drug-likeness (QED) is 0.676. The number of esters is 1. The van der Waals surface area contributed by atoms with Crippen LogP contribution in [-0.4, -0.2) is 24.4 Å². The summed E-state index contributed by atoms with van der Waals surface area (Å²) in [5, 5.41) is 3.59. The Bertz CT molecular complexity index is 992. The summed E-state index contributed by atoms with van der Waals surface area (Å²) < 4.78 is 6.12. The largest absolute Gasteiger partial charge is 0.451 e. The van der Waals surface area contributed by atoms with E-state index in [1.807, 2.05) is 31.2 Å². The highest BCUT2D eigenvalue weighted by molar-refractivity contribution is 7.21. The number of nitrogens with one attached hydrogen (secondary N) is 1. The monoisotopic (exact) mass is 368 g/mol. The molecule has 2 aromatic carbocycles. The summed E-state index contributed by atoms with van der Waals surface area (Å²) >= 11 is 1.34. The van der Waals surface area contributed by atoms with Gasteiger partial charge < -0.3 is 15.8 Å². The Hall–Kier alpha value is -3.19. The Balaban J connectivity index is 1.60. The number of primary amides is 1. The zero-order valence-electron chi connectivity index (χ0n) is 13.9. The molecule has 1 aromatic heterocycles. The molecule has 6 nitrogen and oxygen atoms in total. The predicted molar refractivity (Wildman–Crippen MR) is 100 cm³/mol. The van der Waals surface area contributed by atoms with Crippen LogP contribution in [-0.2, 0) is 9.53 Å². The highest BCUT2D eigenvalue weighted by Gasteiger charge is 2.17. The number of carbonyl (C=O) groups excluding carboxylic acids is 3. The fourth-order valence-electron chi connectivity index (χ4n) is 2.48. The number of anilines is 1. The Morgan fingerprint density at radius 1 is 1.08 bits per heavy atom. The molecule has 0 atom stereocenters. The molecule has 0 fully saturated rings. The molecule has 0 aliphatic heterocycles. The van der Waals surface area contributed by atoms with Gasteiger partial charge in [0.1, 0.15) is 4.88 Å². The van der Waals surface area contributed by atoms with Crippen LogP contribution in [0.2, 0.25) is 0 Å². The molecule has 7 heteroatoms. The third-order valence-electron chi connectivity index (χ3n) is 3.82. The third-order valence-corrected chi connectivity index (χ3v) is 5.07. The number of carbonyl (C=O) groups is 3. The first kappa shape index (κ1) is 17.6. The molecule has 2 amide bonds. The summed E-state index contributed by atoms with van der Waals surface area (Å²) in [6.45, 7) is 1.46. The van der Waals surface area contributed by atoms with Crippen LogP contribution in [0.3, 0.4) is 0 Å². The molecule has 0 bridgehead atoms. The van der Waals surface area contributed by atoms with E-state index >= 15 is 0 Å². The number of nitrogens with two attached hydrogens (primary N) is 1. The van der Waals surface area contributed by atoms with E-state index in [9.17, 15) is 14.4 Å². The van der Waals surface area contributed by atoms with Gasteiger partial charge in [0.15, 0.2) is 6.61 Å². The van der Waals surface area contributed by atoms with Crippen molar-refractivity contribution in [2.45, 2.75) is 6.92 Å². The molecule has 0 aliphatic carbocycles. The zero-order chi connectivity index (χ0) is 18.7.